The minimum absolute atomic E-state index is 0.167. The van der Waals surface area contributed by atoms with Crippen LogP contribution in [0.15, 0.2) is 22.7 Å². The summed E-state index contributed by atoms with van der Waals surface area (Å²) in [6.07, 6.45) is 0.116. The van der Waals surface area contributed by atoms with Crippen LogP contribution in [0.1, 0.15) is 31.2 Å². The van der Waals surface area contributed by atoms with Crippen molar-refractivity contribution in [2.45, 2.75) is 38.5 Å². The molecule has 1 aliphatic rings. The van der Waals surface area contributed by atoms with Gasteiger partial charge in [0.25, 0.3) is 0 Å². The normalized spacial score (nSPS) is 19.2. The van der Waals surface area contributed by atoms with Crippen molar-refractivity contribution >= 4 is 27.5 Å². The van der Waals surface area contributed by atoms with Crippen molar-refractivity contribution in [1.29, 1.82) is 0 Å². The van der Waals surface area contributed by atoms with Gasteiger partial charge in [-0.05, 0) is 53.4 Å². The molecule has 1 saturated carbocycles. The lowest BCUT2D eigenvalue weighted by Gasteiger charge is -2.27. The Labute approximate surface area is 119 Å². The van der Waals surface area contributed by atoms with Crippen LogP contribution in [0.5, 0.6) is 0 Å². The maximum atomic E-state index is 13.0. The van der Waals surface area contributed by atoms with Crippen LogP contribution in [0.3, 0.4) is 0 Å². The smallest absolute Gasteiger partial charge is 0.248 e. The molecule has 0 heterocycles. The molecule has 5 heteroatoms. The molecule has 2 nitrogen and oxygen atoms in total. The second kappa shape index (κ2) is 5.57. The van der Waals surface area contributed by atoms with Gasteiger partial charge in [0.15, 0.2) is 0 Å². The molecule has 1 N–H and O–H groups in total. The Morgan fingerprint density at radius 1 is 1.37 bits per heavy atom. The largest absolute Gasteiger partial charge is 0.325 e. The molecule has 0 bridgehead atoms. The molecule has 1 amide bonds. The minimum atomic E-state index is -2.60. The van der Waals surface area contributed by atoms with Gasteiger partial charge in [-0.15, -0.1) is 0 Å². The average molecular weight is 332 g/mol. The van der Waals surface area contributed by atoms with Gasteiger partial charge in [-0.2, -0.15) is 0 Å². The summed E-state index contributed by atoms with van der Waals surface area (Å²) in [6.45, 7) is 1.96. The second-order valence-corrected chi connectivity index (χ2v) is 5.96. The average Bonchev–Trinajstić information content (AvgIpc) is 2.32. The number of hydrogen-bond acceptors (Lipinski definition) is 1. The zero-order valence-corrected chi connectivity index (χ0v) is 12.3. The fourth-order valence-corrected chi connectivity index (χ4v) is 2.85. The number of anilines is 1. The van der Waals surface area contributed by atoms with E-state index >= 15 is 0 Å². The Morgan fingerprint density at radius 3 is 2.58 bits per heavy atom. The van der Waals surface area contributed by atoms with Crippen LogP contribution in [-0.2, 0) is 4.79 Å². The monoisotopic (exact) mass is 331 g/mol. The Morgan fingerprint density at radius 2 is 2.00 bits per heavy atom. The molecule has 0 aliphatic heterocycles. The first kappa shape index (κ1) is 14.4. The summed E-state index contributed by atoms with van der Waals surface area (Å²) in [5, 5.41) is 2.80. The lowest BCUT2D eigenvalue weighted by Crippen LogP contribution is -2.31. The molecular weight excluding hydrogens is 316 g/mol. The van der Waals surface area contributed by atoms with E-state index in [1.165, 1.54) is 0 Å². The highest BCUT2D eigenvalue weighted by Gasteiger charge is 2.37. The number of rotatable bonds is 2. The molecular formula is C14H16BrF2NO. The maximum Gasteiger partial charge on any atom is 0.248 e. The third-order valence-electron chi connectivity index (χ3n) is 3.47. The van der Waals surface area contributed by atoms with Gasteiger partial charge in [-0.1, -0.05) is 6.07 Å². The number of carbonyl (C=O) groups excluding carboxylic acids is 1. The lowest BCUT2D eigenvalue weighted by molar-refractivity contribution is -0.124. The lowest BCUT2D eigenvalue weighted by atomic mass is 9.86. The standard InChI is InChI=1S/C14H16BrF2NO/c1-9-2-3-12(11(15)8-9)18-13(19)10-4-6-14(16,17)7-5-10/h2-3,8,10H,4-7H2,1H3,(H,18,19). The first-order valence-corrected chi connectivity index (χ1v) is 7.11. The fourth-order valence-electron chi connectivity index (χ4n) is 2.26. The van der Waals surface area contributed by atoms with Gasteiger partial charge in [0.05, 0.1) is 5.69 Å². The highest BCUT2D eigenvalue weighted by Crippen LogP contribution is 2.36. The zero-order valence-electron chi connectivity index (χ0n) is 10.7. The van der Waals surface area contributed by atoms with Crippen molar-refractivity contribution < 1.29 is 13.6 Å². The molecule has 0 unspecified atom stereocenters. The molecule has 1 fully saturated rings. The fraction of sp³-hybridized carbons (Fsp3) is 0.500. The molecule has 2 rings (SSSR count). The SMILES string of the molecule is Cc1ccc(NC(=O)C2CCC(F)(F)CC2)c(Br)c1. The summed E-state index contributed by atoms with van der Waals surface area (Å²) >= 11 is 3.38. The van der Waals surface area contributed by atoms with Crippen molar-refractivity contribution in [1.82, 2.24) is 0 Å². The Hall–Kier alpha value is -0.970. The molecule has 0 radical (unpaired) electrons. The molecule has 1 aromatic rings. The molecule has 19 heavy (non-hydrogen) atoms. The Bertz CT molecular complexity index is 480. The number of benzene rings is 1. The number of alkyl halides is 2. The van der Waals surface area contributed by atoms with Gasteiger partial charge in [0.1, 0.15) is 0 Å². The van der Waals surface area contributed by atoms with Crippen molar-refractivity contribution in [2.24, 2.45) is 5.92 Å². The molecule has 0 spiro atoms. The highest BCUT2D eigenvalue weighted by atomic mass is 79.9. The highest BCUT2D eigenvalue weighted by molar-refractivity contribution is 9.10. The topological polar surface area (TPSA) is 29.1 Å². The van der Waals surface area contributed by atoms with Crippen LogP contribution in [0.4, 0.5) is 14.5 Å². The third-order valence-corrected chi connectivity index (χ3v) is 4.13. The van der Waals surface area contributed by atoms with Crippen LogP contribution in [0, 0.1) is 12.8 Å². The summed E-state index contributed by atoms with van der Waals surface area (Å²) < 4.78 is 26.9. The van der Waals surface area contributed by atoms with E-state index in [1.54, 1.807) is 0 Å². The predicted molar refractivity (Wildman–Crippen MR) is 74.4 cm³/mol. The molecule has 0 saturated heterocycles. The summed E-state index contributed by atoms with van der Waals surface area (Å²) in [7, 11) is 0. The van der Waals surface area contributed by atoms with Gasteiger partial charge in [0.2, 0.25) is 11.8 Å². The van der Waals surface area contributed by atoms with Gasteiger partial charge in [-0.3, -0.25) is 4.79 Å². The van der Waals surface area contributed by atoms with E-state index in [9.17, 15) is 13.6 Å². The van der Waals surface area contributed by atoms with Crippen molar-refractivity contribution in [3.63, 3.8) is 0 Å². The van der Waals surface area contributed by atoms with Crippen LogP contribution in [0.2, 0.25) is 0 Å². The number of aryl methyl sites for hydroxylation is 1. The number of halogens is 3. The van der Waals surface area contributed by atoms with Crippen LogP contribution < -0.4 is 5.32 Å². The molecule has 0 atom stereocenters. The molecule has 104 valence electrons. The first-order valence-electron chi connectivity index (χ1n) is 6.32. The Balaban J connectivity index is 1.98. The van der Waals surface area contributed by atoms with Crippen molar-refractivity contribution in [2.75, 3.05) is 5.32 Å². The van der Waals surface area contributed by atoms with E-state index in [4.69, 9.17) is 0 Å². The van der Waals surface area contributed by atoms with Gasteiger partial charge >= 0.3 is 0 Å². The minimum Gasteiger partial charge on any atom is -0.325 e. The maximum absolute atomic E-state index is 13.0. The summed E-state index contributed by atoms with van der Waals surface area (Å²) in [6, 6.07) is 5.62. The Kier molecular flexibility index (Phi) is 4.23. The van der Waals surface area contributed by atoms with Crippen molar-refractivity contribution in [3.05, 3.63) is 28.2 Å². The predicted octanol–water partition coefficient (Wildman–Crippen LogP) is 4.52. The van der Waals surface area contributed by atoms with E-state index in [1.807, 2.05) is 25.1 Å². The summed E-state index contributed by atoms with van der Waals surface area (Å²) in [5.41, 5.74) is 1.77. The van der Waals surface area contributed by atoms with E-state index < -0.39 is 5.92 Å². The number of hydrogen-bond donors (Lipinski definition) is 1. The third kappa shape index (κ3) is 3.75. The molecule has 0 aromatic heterocycles. The van der Waals surface area contributed by atoms with E-state index in [2.05, 4.69) is 21.2 Å². The number of amides is 1. The quantitative estimate of drug-likeness (QED) is 0.848. The van der Waals surface area contributed by atoms with E-state index in [-0.39, 0.29) is 37.5 Å². The second-order valence-electron chi connectivity index (χ2n) is 5.10. The molecule has 1 aliphatic carbocycles. The van der Waals surface area contributed by atoms with Crippen LogP contribution in [0.25, 0.3) is 0 Å². The van der Waals surface area contributed by atoms with E-state index in [0.717, 1.165) is 10.0 Å². The van der Waals surface area contributed by atoms with Gasteiger partial charge < -0.3 is 5.32 Å². The number of carbonyl (C=O) groups is 1. The molecule has 1 aromatic carbocycles. The van der Waals surface area contributed by atoms with E-state index in [0.29, 0.717) is 5.69 Å². The first-order chi connectivity index (χ1) is 8.87. The summed E-state index contributed by atoms with van der Waals surface area (Å²) in [4.78, 5) is 12.0. The summed E-state index contributed by atoms with van der Waals surface area (Å²) in [5.74, 6) is -3.07. The van der Waals surface area contributed by atoms with Gasteiger partial charge in [-0.25, -0.2) is 8.78 Å². The zero-order chi connectivity index (χ0) is 14.0. The van der Waals surface area contributed by atoms with Crippen molar-refractivity contribution in [3.8, 4) is 0 Å². The number of nitrogens with one attached hydrogen (secondary N) is 1. The van der Waals surface area contributed by atoms with Crippen LogP contribution in [-0.4, -0.2) is 11.8 Å². The van der Waals surface area contributed by atoms with Crippen LogP contribution >= 0.6 is 15.9 Å². The van der Waals surface area contributed by atoms with Gasteiger partial charge in [0, 0.05) is 23.2 Å².